The molecule has 0 bridgehead atoms. The predicted molar refractivity (Wildman–Crippen MR) is 142 cm³/mol. The summed E-state index contributed by atoms with van der Waals surface area (Å²) in [6.45, 7) is 1.46. The fourth-order valence-corrected chi connectivity index (χ4v) is 4.84. The lowest BCUT2D eigenvalue weighted by Crippen LogP contribution is -2.51. The lowest BCUT2D eigenvalue weighted by atomic mass is 9.85. The fourth-order valence-electron chi connectivity index (χ4n) is 4.84. The van der Waals surface area contributed by atoms with Crippen molar-refractivity contribution < 1.29 is 41.3 Å². The second-order valence-electron chi connectivity index (χ2n) is 9.84. The molecule has 4 rings (SSSR count). The highest BCUT2D eigenvalue weighted by molar-refractivity contribution is 5.65. The standard InChI is InChI=1S/C30H31F5N2O4/c31-26-5-2-1-4-22(26)19-40-14-3-15-41-23-9-7-21(8-10-23)24-12-13-37(29(38)39)18-28(24)36-17-20-6-11-27(32)25(16-20)30(33,34)35/h1-2,4-11,16,24,28,36H,3,12-15,17-19H2,(H,38,39). The highest BCUT2D eigenvalue weighted by Gasteiger charge is 2.35. The normalized spacial score (nSPS) is 17.4. The van der Waals surface area contributed by atoms with Crippen molar-refractivity contribution in [3.8, 4) is 5.75 Å². The van der Waals surface area contributed by atoms with E-state index in [0.717, 1.165) is 17.7 Å². The van der Waals surface area contributed by atoms with Gasteiger partial charge in [-0.3, -0.25) is 0 Å². The molecule has 0 spiro atoms. The van der Waals surface area contributed by atoms with E-state index < -0.39 is 23.7 Å². The van der Waals surface area contributed by atoms with Crippen molar-refractivity contribution in [2.45, 2.75) is 44.1 Å². The Morgan fingerprint density at radius 3 is 2.46 bits per heavy atom. The van der Waals surface area contributed by atoms with E-state index in [4.69, 9.17) is 9.47 Å². The summed E-state index contributed by atoms with van der Waals surface area (Å²) >= 11 is 0. The van der Waals surface area contributed by atoms with Gasteiger partial charge in [0.1, 0.15) is 17.4 Å². The van der Waals surface area contributed by atoms with Crippen LogP contribution in [0.4, 0.5) is 26.7 Å². The second kappa shape index (κ2) is 13.8. The number of likely N-dealkylation sites (tertiary alicyclic amines) is 1. The van der Waals surface area contributed by atoms with E-state index in [9.17, 15) is 31.9 Å². The molecular weight excluding hydrogens is 547 g/mol. The van der Waals surface area contributed by atoms with Gasteiger partial charge in [0.25, 0.3) is 0 Å². The quantitative estimate of drug-likeness (QED) is 0.198. The van der Waals surface area contributed by atoms with Crippen molar-refractivity contribution >= 4 is 6.09 Å². The van der Waals surface area contributed by atoms with Gasteiger partial charge in [0.2, 0.25) is 0 Å². The molecule has 3 aromatic rings. The molecule has 0 aliphatic carbocycles. The van der Waals surface area contributed by atoms with Crippen molar-refractivity contribution in [3.63, 3.8) is 0 Å². The van der Waals surface area contributed by atoms with Crippen molar-refractivity contribution in [3.05, 3.63) is 101 Å². The number of hydrogen-bond acceptors (Lipinski definition) is 4. The Labute approximate surface area is 234 Å². The van der Waals surface area contributed by atoms with Crippen molar-refractivity contribution in [1.29, 1.82) is 0 Å². The molecule has 11 heteroatoms. The highest BCUT2D eigenvalue weighted by Crippen LogP contribution is 2.33. The number of halogens is 5. The van der Waals surface area contributed by atoms with Gasteiger partial charge in [0.15, 0.2) is 0 Å². The molecule has 1 saturated heterocycles. The SMILES string of the molecule is O=C(O)N1CCC(c2ccc(OCCCOCc3ccccc3F)cc2)C(NCc2ccc(F)c(C(F)(F)F)c2)C1. The van der Waals surface area contributed by atoms with Crippen LogP contribution in [0.15, 0.2) is 66.7 Å². The number of nitrogens with one attached hydrogen (secondary N) is 1. The summed E-state index contributed by atoms with van der Waals surface area (Å²) in [5.41, 5.74) is 0.334. The summed E-state index contributed by atoms with van der Waals surface area (Å²) in [6, 6.07) is 16.3. The minimum absolute atomic E-state index is 0.0121. The largest absolute Gasteiger partial charge is 0.494 e. The lowest BCUT2D eigenvalue weighted by Gasteiger charge is -2.38. The number of alkyl halides is 3. The third kappa shape index (κ3) is 8.40. The predicted octanol–water partition coefficient (Wildman–Crippen LogP) is 6.60. The number of rotatable bonds is 11. The van der Waals surface area contributed by atoms with Gasteiger partial charge >= 0.3 is 12.3 Å². The molecule has 2 N–H and O–H groups in total. The topological polar surface area (TPSA) is 71.0 Å². The van der Waals surface area contributed by atoms with Crippen LogP contribution in [0.3, 0.4) is 0 Å². The molecule has 0 radical (unpaired) electrons. The number of nitrogens with zero attached hydrogens (tertiary/aromatic N) is 1. The molecule has 2 unspecified atom stereocenters. The highest BCUT2D eigenvalue weighted by atomic mass is 19.4. The lowest BCUT2D eigenvalue weighted by molar-refractivity contribution is -0.140. The minimum Gasteiger partial charge on any atom is -0.494 e. The smallest absolute Gasteiger partial charge is 0.419 e. The molecular formula is C30H31F5N2O4. The number of hydrogen-bond donors (Lipinski definition) is 2. The summed E-state index contributed by atoms with van der Waals surface area (Å²) in [5, 5.41) is 12.7. The number of amides is 1. The number of piperidine rings is 1. The summed E-state index contributed by atoms with van der Waals surface area (Å²) < 4.78 is 78.0. The number of benzene rings is 3. The molecule has 3 aromatic carbocycles. The van der Waals surface area contributed by atoms with E-state index in [1.807, 2.05) is 24.3 Å². The summed E-state index contributed by atoms with van der Waals surface area (Å²) in [6.07, 6.45) is -4.76. The van der Waals surface area contributed by atoms with Crippen LogP contribution in [0.1, 0.15) is 41.0 Å². The Morgan fingerprint density at radius 2 is 1.76 bits per heavy atom. The van der Waals surface area contributed by atoms with Crippen molar-refractivity contribution in [1.82, 2.24) is 10.2 Å². The molecule has 2 atom stereocenters. The molecule has 0 saturated carbocycles. The van der Waals surface area contributed by atoms with Gasteiger partial charge in [0, 0.05) is 43.6 Å². The molecule has 1 aliphatic rings. The molecule has 1 heterocycles. The molecule has 6 nitrogen and oxygen atoms in total. The zero-order valence-electron chi connectivity index (χ0n) is 22.2. The van der Waals surface area contributed by atoms with Crippen LogP contribution < -0.4 is 10.1 Å². The monoisotopic (exact) mass is 578 g/mol. The summed E-state index contributed by atoms with van der Waals surface area (Å²) in [5.74, 6) is -1.11. The van der Waals surface area contributed by atoms with Crippen LogP contribution in [0.2, 0.25) is 0 Å². The van der Waals surface area contributed by atoms with E-state index in [2.05, 4.69) is 5.32 Å². The van der Waals surface area contributed by atoms with E-state index in [0.29, 0.717) is 43.9 Å². The molecule has 220 valence electrons. The number of carboxylic acid groups (broad SMARTS) is 1. The first-order valence-electron chi connectivity index (χ1n) is 13.2. The van der Waals surface area contributed by atoms with E-state index >= 15 is 0 Å². The van der Waals surface area contributed by atoms with E-state index in [1.165, 1.54) is 17.0 Å². The molecule has 1 fully saturated rings. The average Bonchev–Trinajstić information content (AvgIpc) is 2.95. The van der Waals surface area contributed by atoms with Crippen LogP contribution in [-0.2, 0) is 24.1 Å². The Morgan fingerprint density at radius 1 is 1.00 bits per heavy atom. The van der Waals surface area contributed by atoms with Crippen molar-refractivity contribution in [2.75, 3.05) is 26.3 Å². The zero-order valence-corrected chi connectivity index (χ0v) is 22.2. The number of ether oxygens (including phenoxy) is 2. The second-order valence-corrected chi connectivity index (χ2v) is 9.84. The molecule has 1 amide bonds. The van der Waals surface area contributed by atoms with Crippen LogP contribution in [0.5, 0.6) is 5.75 Å². The molecule has 41 heavy (non-hydrogen) atoms. The van der Waals surface area contributed by atoms with Crippen LogP contribution in [-0.4, -0.2) is 48.4 Å². The van der Waals surface area contributed by atoms with Gasteiger partial charge in [-0.1, -0.05) is 36.4 Å². The van der Waals surface area contributed by atoms with E-state index in [1.54, 1.807) is 18.2 Å². The zero-order chi connectivity index (χ0) is 29.4. The number of carbonyl (C=O) groups is 1. The maximum absolute atomic E-state index is 13.7. The van der Waals surface area contributed by atoms with Crippen LogP contribution in [0, 0.1) is 11.6 Å². The van der Waals surface area contributed by atoms with Gasteiger partial charge in [-0.05, 0) is 47.9 Å². The van der Waals surface area contributed by atoms with Gasteiger partial charge in [0.05, 0.1) is 25.4 Å². The first-order chi connectivity index (χ1) is 19.6. The average molecular weight is 579 g/mol. The maximum atomic E-state index is 13.7. The van der Waals surface area contributed by atoms with Crippen molar-refractivity contribution in [2.24, 2.45) is 0 Å². The first-order valence-corrected chi connectivity index (χ1v) is 13.2. The Hall–Kier alpha value is -3.70. The maximum Gasteiger partial charge on any atom is 0.419 e. The molecule has 1 aliphatic heterocycles. The Balaban J connectivity index is 1.32. The van der Waals surface area contributed by atoms with Gasteiger partial charge in [-0.15, -0.1) is 0 Å². The third-order valence-corrected chi connectivity index (χ3v) is 7.01. The van der Waals surface area contributed by atoms with Gasteiger partial charge in [-0.25, -0.2) is 13.6 Å². The third-order valence-electron chi connectivity index (χ3n) is 7.01. The Bertz CT molecular complexity index is 1300. The summed E-state index contributed by atoms with van der Waals surface area (Å²) in [7, 11) is 0. The first kappa shape index (κ1) is 30.3. The van der Waals surface area contributed by atoms with E-state index in [-0.39, 0.29) is 43.0 Å². The molecule has 0 aromatic heterocycles. The fraction of sp³-hybridized carbons (Fsp3) is 0.367. The van der Waals surface area contributed by atoms with Crippen LogP contribution >= 0.6 is 0 Å². The minimum atomic E-state index is -4.81. The van der Waals surface area contributed by atoms with Gasteiger partial charge < -0.3 is 24.8 Å². The van der Waals surface area contributed by atoms with Crippen LogP contribution in [0.25, 0.3) is 0 Å². The summed E-state index contributed by atoms with van der Waals surface area (Å²) in [4.78, 5) is 12.9. The van der Waals surface area contributed by atoms with Gasteiger partial charge in [-0.2, -0.15) is 13.2 Å². The Kier molecular flexibility index (Phi) is 10.2.